The van der Waals surface area contributed by atoms with E-state index in [0.717, 1.165) is 5.57 Å². The molecule has 0 aliphatic heterocycles. The maximum atomic E-state index is 10.3. The third-order valence-corrected chi connectivity index (χ3v) is 1.00. The molecule has 0 aromatic carbocycles. The second kappa shape index (κ2) is 3.28. The van der Waals surface area contributed by atoms with Crippen molar-refractivity contribution in [2.45, 2.75) is 27.7 Å². The molecule has 0 aromatic heterocycles. The Morgan fingerprint density at radius 2 is 1.56 bits per heavy atom. The van der Waals surface area contributed by atoms with Crippen LogP contribution in [0.5, 0.6) is 0 Å². The smallest absolute Gasteiger partial charge is 0.307 e. The maximum Gasteiger partial charge on any atom is 0.307 e. The van der Waals surface area contributed by atoms with Crippen LogP contribution in [0.4, 0.5) is 0 Å². The minimum absolute atomic E-state index is 0.256. The lowest BCUT2D eigenvalue weighted by Crippen LogP contribution is -1.96. The van der Waals surface area contributed by atoms with E-state index >= 15 is 0 Å². The van der Waals surface area contributed by atoms with Gasteiger partial charge in [-0.3, -0.25) is 4.79 Å². The third kappa shape index (κ3) is 3.76. The van der Waals surface area contributed by atoms with Gasteiger partial charge >= 0.3 is 5.97 Å². The highest BCUT2D eigenvalue weighted by Gasteiger charge is 1.95. The van der Waals surface area contributed by atoms with Crippen LogP contribution < -0.4 is 0 Å². The van der Waals surface area contributed by atoms with Crippen LogP contribution in [-0.2, 0) is 9.53 Å². The first-order valence-corrected chi connectivity index (χ1v) is 2.86. The average molecular weight is 128 g/mol. The Labute approximate surface area is 55.5 Å². The highest BCUT2D eigenvalue weighted by atomic mass is 16.5. The first kappa shape index (κ1) is 8.21. The van der Waals surface area contributed by atoms with E-state index in [1.807, 2.05) is 13.8 Å². The van der Waals surface area contributed by atoms with Crippen molar-refractivity contribution >= 4 is 5.97 Å². The summed E-state index contributed by atoms with van der Waals surface area (Å²) in [4.78, 5) is 10.3. The van der Waals surface area contributed by atoms with Crippen LogP contribution in [0.25, 0.3) is 0 Å². The van der Waals surface area contributed by atoms with Crippen molar-refractivity contribution in [1.29, 1.82) is 0 Å². The first-order chi connectivity index (χ1) is 4.04. The molecule has 0 fully saturated rings. The van der Waals surface area contributed by atoms with Crippen molar-refractivity contribution in [2.75, 3.05) is 0 Å². The monoisotopic (exact) mass is 128 g/mol. The Kier molecular flexibility index (Phi) is 2.99. The van der Waals surface area contributed by atoms with E-state index in [0.29, 0.717) is 5.76 Å². The molecule has 0 N–H and O–H groups in total. The molecule has 0 aliphatic rings. The zero-order valence-electron chi connectivity index (χ0n) is 6.32. The van der Waals surface area contributed by atoms with Crippen molar-refractivity contribution < 1.29 is 9.53 Å². The molecule has 0 heterocycles. The molecule has 52 valence electrons. The van der Waals surface area contributed by atoms with Crippen LogP contribution in [-0.4, -0.2) is 5.97 Å². The van der Waals surface area contributed by atoms with Gasteiger partial charge in [-0.2, -0.15) is 0 Å². The van der Waals surface area contributed by atoms with E-state index < -0.39 is 0 Å². The van der Waals surface area contributed by atoms with Crippen LogP contribution in [0.1, 0.15) is 27.7 Å². The van der Waals surface area contributed by atoms with E-state index in [1.54, 1.807) is 6.92 Å². The van der Waals surface area contributed by atoms with Crippen molar-refractivity contribution in [3.63, 3.8) is 0 Å². The summed E-state index contributed by atoms with van der Waals surface area (Å²) in [6, 6.07) is 0. The van der Waals surface area contributed by atoms with Crippen molar-refractivity contribution in [2.24, 2.45) is 0 Å². The summed E-state index contributed by atoms with van der Waals surface area (Å²) in [5.74, 6) is 0.441. The summed E-state index contributed by atoms with van der Waals surface area (Å²) < 4.78 is 4.75. The third-order valence-electron chi connectivity index (χ3n) is 1.00. The Bertz CT molecular complexity index is 141. The fraction of sp³-hybridized carbons (Fsp3) is 0.571. The van der Waals surface area contributed by atoms with Gasteiger partial charge in [0.25, 0.3) is 0 Å². The van der Waals surface area contributed by atoms with E-state index in [2.05, 4.69) is 0 Å². The summed E-state index contributed by atoms with van der Waals surface area (Å²) in [5, 5.41) is 0. The van der Waals surface area contributed by atoms with E-state index in [1.165, 1.54) is 6.92 Å². The molecule has 0 atom stereocenters. The van der Waals surface area contributed by atoms with Gasteiger partial charge in [0.2, 0.25) is 0 Å². The minimum atomic E-state index is -0.256. The number of allylic oxidation sites excluding steroid dienone is 2. The zero-order chi connectivity index (χ0) is 7.44. The van der Waals surface area contributed by atoms with Crippen molar-refractivity contribution in [1.82, 2.24) is 0 Å². The number of rotatable bonds is 1. The fourth-order valence-corrected chi connectivity index (χ4v) is 0.318. The molecule has 0 unspecified atom stereocenters. The number of hydrogen-bond donors (Lipinski definition) is 0. The Balaban J connectivity index is 3.92. The molecule has 0 saturated carbocycles. The van der Waals surface area contributed by atoms with Gasteiger partial charge in [-0.15, -0.1) is 0 Å². The lowest BCUT2D eigenvalue weighted by Gasteiger charge is -2.00. The number of carbonyl (C=O) groups is 1. The van der Waals surface area contributed by atoms with E-state index in [4.69, 9.17) is 4.74 Å². The second-order valence-corrected chi connectivity index (χ2v) is 2.15. The fourth-order valence-electron chi connectivity index (χ4n) is 0.318. The van der Waals surface area contributed by atoms with Crippen LogP contribution in [0.3, 0.4) is 0 Å². The van der Waals surface area contributed by atoms with Crippen LogP contribution >= 0.6 is 0 Å². The topological polar surface area (TPSA) is 26.3 Å². The predicted molar refractivity (Wildman–Crippen MR) is 35.8 cm³/mol. The highest BCUT2D eigenvalue weighted by Crippen LogP contribution is 2.02. The molecule has 0 rings (SSSR count). The minimum Gasteiger partial charge on any atom is -0.432 e. The number of ether oxygens (including phenoxy) is 1. The normalized spacial score (nSPS) is 8.44. The summed E-state index contributed by atoms with van der Waals surface area (Å²) >= 11 is 0. The summed E-state index contributed by atoms with van der Waals surface area (Å²) in [7, 11) is 0. The van der Waals surface area contributed by atoms with Gasteiger partial charge in [-0.05, 0) is 26.3 Å². The standard InChI is InChI=1S/C7H12O2/c1-5(2)6(3)9-7(4)8/h1-4H3. The molecular weight excluding hydrogens is 116 g/mol. The molecule has 0 amide bonds. The maximum absolute atomic E-state index is 10.3. The number of carbonyl (C=O) groups excluding carboxylic acids is 1. The Morgan fingerprint density at radius 1 is 1.11 bits per heavy atom. The Hall–Kier alpha value is -0.790. The van der Waals surface area contributed by atoms with Crippen LogP contribution in [0, 0.1) is 0 Å². The summed E-state index contributed by atoms with van der Waals surface area (Å²) in [5.41, 5.74) is 1.03. The van der Waals surface area contributed by atoms with Gasteiger partial charge in [0.1, 0.15) is 5.76 Å². The van der Waals surface area contributed by atoms with Gasteiger partial charge in [0, 0.05) is 6.92 Å². The molecule has 9 heavy (non-hydrogen) atoms. The second-order valence-electron chi connectivity index (χ2n) is 2.15. The molecule has 0 bridgehead atoms. The lowest BCUT2D eigenvalue weighted by atomic mass is 10.3. The molecular formula is C7H12O2. The molecule has 2 heteroatoms. The molecule has 0 spiro atoms. The van der Waals surface area contributed by atoms with Crippen LogP contribution in [0.15, 0.2) is 11.3 Å². The molecule has 0 aliphatic carbocycles. The molecule has 0 saturated heterocycles. The predicted octanol–water partition coefficient (Wildman–Crippen LogP) is 1.86. The summed E-state index contributed by atoms with van der Waals surface area (Å²) in [6.07, 6.45) is 0. The van der Waals surface area contributed by atoms with Gasteiger partial charge in [-0.1, -0.05) is 0 Å². The zero-order valence-corrected chi connectivity index (χ0v) is 6.32. The van der Waals surface area contributed by atoms with Gasteiger partial charge in [0.05, 0.1) is 0 Å². The first-order valence-electron chi connectivity index (χ1n) is 2.86. The summed E-state index contributed by atoms with van der Waals surface area (Å²) in [6.45, 7) is 6.97. The molecule has 0 aromatic rings. The van der Waals surface area contributed by atoms with Crippen LogP contribution in [0.2, 0.25) is 0 Å². The van der Waals surface area contributed by atoms with Crippen molar-refractivity contribution in [3.8, 4) is 0 Å². The molecule has 2 nitrogen and oxygen atoms in total. The average Bonchev–Trinajstić information content (AvgIpc) is 1.63. The SMILES string of the molecule is CC(=O)OC(C)=C(C)C. The Morgan fingerprint density at radius 3 is 1.67 bits per heavy atom. The number of esters is 1. The lowest BCUT2D eigenvalue weighted by molar-refractivity contribution is -0.136. The van der Waals surface area contributed by atoms with E-state index in [9.17, 15) is 4.79 Å². The molecule has 0 radical (unpaired) electrons. The largest absolute Gasteiger partial charge is 0.432 e. The quantitative estimate of drug-likeness (QED) is 0.398. The van der Waals surface area contributed by atoms with Gasteiger partial charge < -0.3 is 4.74 Å². The van der Waals surface area contributed by atoms with Crippen molar-refractivity contribution in [3.05, 3.63) is 11.3 Å². The van der Waals surface area contributed by atoms with E-state index in [-0.39, 0.29) is 5.97 Å². The van der Waals surface area contributed by atoms with Gasteiger partial charge in [-0.25, -0.2) is 0 Å². The van der Waals surface area contributed by atoms with Gasteiger partial charge in [0.15, 0.2) is 0 Å². The number of hydrogen-bond acceptors (Lipinski definition) is 2. The highest BCUT2D eigenvalue weighted by molar-refractivity contribution is 5.67.